The lowest BCUT2D eigenvalue weighted by Gasteiger charge is -1.98. The lowest BCUT2D eigenvalue weighted by molar-refractivity contribution is -0.638. The molecule has 0 aliphatic rings. The van der Waals surface area contributed by atoms with Crippen molar-refractivity contribution in [2.75, 3.05) is 61.0 Å². The lowest BCUT2D eigenvalue weighted by atomic mass is 10.3. The second-order valence-corrected chi connectivity index (χ2v) is 16.0. The summed E-state index contributed by atoms with van der Waals surface area (Å²) in [5.41, 5.74) is 7.97. The van der Waals surface area contributed by atoms with E-state index in [1.807, 2.05) is 42.6 Å². The van der Waals surface area contributed by atoms with Crippen LogP contribution < -0.4 is 50.9 Å². The van der Waals surface area contributed by atoms with Gasteiger partial charge < -0.3 is 50.6 Å². The maximum Gasteiger partial charge on any atom is 0.338 e. The van der Waals surface area contributed by atoms with E-state index in [-0.39, 0.29) is 91.3 Å². The molecule has 70 heavy (non-hydrogen) atoms. The van der Waals surface area contributed by atoms with E-state index in [0.29, 0.717) is 34.1 Å². The van der Waals surface area contributed by atoms with Crippen molar-refractivity contribution < 1.29 is 62.1 Å². The minimum Gasteiger partial charge on any atom is -1.00 e. The average molecular weight is 1160 g/mol. The number of hydrogen-bond acceptors (Lipinski definition) is 19. The first-order valence-electron chi connectivity index (χ1n) is 19.3. The standard InChI is InChI=1S/C9H10N4O3.C9H12N4O.C8H7N3O4S.C8H7N3O2S.C5H7N2.2ClH.HI/c14-6-4-10-9-8(13(15)16)7-3-1-2-5-12(7)11-9;10-8-7-3-1-2-5-13(7)12-9(8)11-4-6-14;1-16(14,15)8-7(11(12)13)6-4-2-3-5-10(6)9-8;1-14-8-7(11(12)13)6-4-2-3-5-10(6)9-8;6-7-4-2-1-3-5-7;;;/h1-3,5,14H,4,6H2,(H,10,11);1-3,5,14H,4,6,10H2,(H,11,12);2-5H,1H3;2-5H,1H3;1-5H,6H2;3*1H/q;;;;+1;;;/p-1. The van der Waals surface area contributed by atoms with Crippen LogP contribution >= 0.6 is 36.6 Å². The van der Waals surface area contributed by atoms with E-state index in [1.54, 1.807) is 84.1 Å². The number of nitrogen functional groups attached to an aromatic ring is 2. The summed E-state index contributed by atoms with van der Waals surface area (Å²) in [6, 6.07) is 26.3. The maximum atomic E-state index is 11.3. The number of pyridine rings is 5. The van der Waals surface area contributed by atoms with Crippen LogP contribution in [0, 0.1) is 30.3 Å². The van der Waals surface area contributed by atoms with Gasteiger partial charge in [-0.3, -0.25) is 30.3 Å². The van der Waals surface area contributed by atoms with E-state index >= 15 is 0 Å². The molecular weight excluding hydrogens is 1110 g/mol. The Morgan fingerprint density at radius 3 is 1.44 bits per heavy atom. The number of aliphatic hydroxyl groups excluding tert-OH is 2. The molecular formula is C39H45Cl2IN16O10S2. The molecule has 9 aromatic heterocycles. The molecule has 0 bridgehead atoms. The summed E-state index contributed by atoms with van der Waals surface area (Å²) in [4.78, 5) is 30.9. The number of aromatic nitrogens is 9. The number of hydrogen-bond donors (Lipinski definition) is 6. The number of thioether (sulfide) groups is 1. The van der Waals surface area contributed by atoms with Crippen molar-refractivity contribution in [2.24, 2.45) is 0 Å². The van der Waals surface area contributed by atoms with Crippen molar-refractivity contribution >= 4 is 103 Å². The minimum absolute atomic E-state index is 0. The van der Waals surface area contributed by atoms with Crippen LogP contribution in [0.4, 0.5) is 34.4 Å². The van der Waals surface area contributed by atoms with Crippen LogP contribution in [-0.2, 0) is 9.84 Å². The smallest absolute Gasteiger partial charge is 0.338 e. The van der Waals surface area contributed by atoms with Crippen molar-refractivity contribution in [3.8, 4) is 0 Å². The normalized spacial score (nSPS) is 10.2. The third kappa shape index (κ3) is 14.9. The van der Waals surface area contributed by atoms with E-state index in [1.165, 1.54) is 42.2 Å². The number of anilines is 3. The van der Waals surface area contributed by atoms with Crippen LogP contribution in [-0.4, -0.2) is 111 Å². The molecule has 26 nitrogen and oxygen atoms in total. The highest BCUT2D eigenvalue weighted by molar-refractivity contribution is 7.98. The van der Waals surface area contributed by atoms with Crippen molar-refractivity contribution in [2.45, 2.75) is 10.1 Å². The molecule has 0 unspecified atom stereocenters. The molecule has 9 heterocycles. The molecule has 0 aromatic carbocycles. The number of nitrogens with zero attached hydrogens (tertiary/aromatic N) is 12. The zero-order chi connectivity index (χ0) is 48.7. The Morgan fingerprint density at radius 2 is 1.03 bits per heavy atom. The summed E-state index contributed by atoms with van der Waals surface area (Å²) >= 11 is 1.28. The number of halogens is 3. The third-order valence-corrected chi connectivity index (χ3v) is 10.3. The molecule has 0 atom stereocenters. The lowest BCUT2D eigenvalue weighted by Crippen LogP contribution is -3.00. The SMILES string of the molecule is CS(=O)(=O)c1nn2ccccc2c1[N+](=O)[O-].CSc1nn2ccccc2c1[N+](=O)[O-].Cl.Cl.N[n+]1ccccc1.Nc1c(NCCO)nn2ccccc12.O=[N+]([O-])c1c(NCCO)nn2ccccc12.[I-]. The molecule has 0 radical (unpaired) electrons. The summed E-state index contributed by atoms with van der Waals surface area (Å²) in [6.45, 7) is 0.636. The molecule has 0 spiro atoms. The van der Waals surface area contributed by atoms with Crippen LogP contribution in [0.25, 0.3) is 22.1 Å². The van der Waals surface area contributed by atoms with Crippen molar-refractivity contribution in [1.29, 1.82) is 0 Å². The largest absolute Gasteiger partial charge is 1.00 e. The van der Waals surface area contributed by atoms with Gasteiger partial charge in [0, 0.05) is 56.3 Å². The molecule has 0 aliphatic heterocycles. The summed E-state index contributed by atoms with van der Waals surface area (Å²) < 4.78 is 30.0. The molecule has 0 saturated carbocycles. The highest BCUT2D eigenvalue weighted by Gasteiger charge is 2.30. The van der Waals surface area contributed by atoms with Gasteiger partial charge in [-0.25, -0.2) is 32.3 Å². The third-order valence-electron chi connectivity index (χ3n) is 8.70. The topological polar surface area (TPSA) is 353 Å². The summed E-state index contributed by atoms with van der Waals surface area (Å²) in [7, 11) is -3.71. The summed E-state index contributed by atoms with van der Waals surface area (Å²) in [5.74, 6) is 6.06. The Kier molecular flexibility index (Phi) is 23.4. The predicted molar refractivity (Wildman–Crippen MR) is 262 cm³/mol. The van der Waals surface area contributed by atoms with E-state index < -0.39 is 35.3 Å². The maximum absolute atomic E-state index is 11.3. The Labute approximate surface area is 430 Å². The molecule has 8 N–H and O–H groups in total. The van der Waals surface area contributed by atoms with Crippen LogP contribution in [0.3, 0.4) is 0 Å². The van der Waals surface area contributed by atoms with Gasteiger partial charge in [-0.1, -0.05) is 35.0 Å². The molecule has 9 aromatic rings. The zero-order valence-electron chi connectivity index (χ0n) is 36.6. The Balaban J connectivity index is 0.000000302. The van der Waals surface area contributed by atoms with E-state index in [2.05, 4.69) is 31.0 Å². The van der Waals surface area contributed by atoms with Gasteiger partial charge in [0.1, 0.15) is 22.2 Å². The molecule has 0 fully saturated rings. The second kappa shape index (κ2) is 27.7. The quantitative estimate of drug-likeness (QED) is 0.0264. The number of nitro groups is 3. The highest BCUT2D eigenvalue weighted by atomic mass is 127. The van der Waals surface area contributed by atoms with Gasteiger partial charge in [0.05, 0.1) is 33.5 Å². The van der Waals surface area contributed by atoms with Gasteiger partial charge in [0.15, 0.2) is 23.2 Å². The fourth-order valence-corrected chi connectivity index (χ4v) is 7.16. The number of nitrogens with two attached hydrogens (primary N) is 2. The van der Waals surface area contributed by atoms with E-state index in [0.717, 1.165) is 11.8 Å². The van der Waals surface area contributed by atoms with Gasteiger partial charge in [0.2, 0.25) is 15.7 Å². The van der Waals surface area contributed by atoms with Crippen molar-refractivity contribution in [3.63, 3.8) is 0 Å². The second-order valence-electron chi connectivity index (χ2n) is 13.3. The number of aliphatic hydroxyl groups is 2. The number of nitrogens with one attached hydrogen (secondary N) is 2. The fraction of sp³-hybridized carbons (Fsp3) is 0.154. The van der Waals surface area contributed by atoms with Crippen LogP contribution in [0.15, 0.2) is 138 Å². The predicted octanol–water partition coefficient (Wildman–Crippen LogP) is 1.11. The van der Waals surface area contributed by atoms with Gasteiger partial charge in [0.25, 0.3) is 5.03 Å². The molecule has 0 aliphatic carbocycles. The van der Waals surface area contributed by atoms with Crippen LogP contribution in [0.1, 0.15) is 0 Å². The van der Waals surface area contributed by atoms with Crippen LogP contribution in [0.2, 0.25) is 0 Å². The summed E-state index contributed by atoms with van der Waals surface area (Å²) in [6.07, 6.45) is 12.8. The molecule has 0 saturated heterocycles. The molecule has 374 valence electrons. The van der Waals surface area contributed by atoms with Gasteiger partial charge >= 0.3 is 17.1 Å². The van der Waals surface area contributed by atoms with E-state index in [9.17, 15) is 38.8 Å². The number of rotatable bonds is 11. The van der Waals surface area contributed by atoms with Crippen molar-refractivity contribution in [3.05, 3.63) is 159 Å². The van der Waals surface area contributed by atoms with Gasteiger partial charge in [-0.2, -0.15) is 5.10 Å². The Morgan fingerprint density at radius 1 is 0.629 bits per heavy atom. The van der Waals surface area contributed by atoms with E-state index in [4.69, 9.17) is 21.8 Å². The van der Waals surface area contributed by atoms with Gasteiger partial charge in [-0.05, 0) is 54.8 Å². The molecule has 9 rings (SSSR count). The number of fused-ring (bicyclic) bond motifs is 4. The average Bonchev–Trinajstić information content (AvgIpc) is 4.09. The van der Waals surface area contributed by atoms with Crippen LogP contribution in [0.5, 0.6) is 0 Å². The van der Waals surface area contributed by atoms with Gasteiger partial charge in [-0.15, -0.1) is 51.9 Å². The zero-order valence-corrected chi connectivity index (χ0v) is 42.1. The highest BCUT2D eigenvalue weighted by Crippen LogP contribution is 2.31. The fourth-order valence-electron chi connectivity index (χ4n) is 5.85. The molecule has 0 amide bonds. The van der Waals surface area contributed by atoms with Crippen molar-refractivity contribution in [1.82, 2.24) is 38.5 Å². The monoisotopic (exact) mass is 1160 g/mol. The summed E-state index contributed by atoms with van der Waals surface area (Å²) in [5, 5.41) is 71.5. The first-order valence-corrected chi connectivity index (χ1v) is 22.5. The molecule has 31 heteroatoms. The Hall–Kier alpha value is -7.16. The first kappa shape index (κ1) is 59.0. The number of sulfone groups is 1. The minimum atomic E-state index is -3.71. The first-order chi connectivity index (χ1) is 32.1. The Bertz CT molecular complexity index is 3250.